The van der Waals surface area contributed by atoms with Gasteiger partial charge in [0.1, 0.15) is 18.8 Å². The van der Waals surface area contributed by atoms with E-state index < -0.39 is 43.3 Å². The van der Waals surface area contributed by atoms with E-state index in [-0.39, 0.29) is 41.9 Å². The van der Waals surface area contributed by atoms with Crippen LogP contribution in [0.2, 0.25) is 0 Å². The van der Waals surface area contributed by atoms with Crippen molar-refractivity contribution in [2.45, 2.75) is 50.0 Å². The topological polar surface area (TPSA) is 195 Å². The Balaban J connectivity index is 1.33. The van der Waals surface area contributed by atoms with Gasteiger partial charge in [-0.2, -0.15) is 9.97 Å². The number of nitrogen functional groups attached to an aromatic ring is 1. The summed E-state index contributed by atoms with van der Waals surface area (Å²) in [7, 11) is -2.62. The van der Waals surface area contributed by atoms with Gasteiger partial charge >= 0.3 is 13.7 Å². The summed E-state index contributed by atoms with van der Waals surface area (Å²) in [5.41, 5.74) is 7.65. The Morgan fingerprint density at radius 3 is 2.92 bits per heavy atom. The molecular weight excluding hydrogens is 608 g/mol. The van der Waals surface area contributed by atoms with E-state index in [1.165, 1.54) is 31.1 Å². The van der Waals surface area contributed by atoms with Gasteiger partial charge in [-0.25, -0.2) is 19.0 Å². The summed E-state index contributed by atoms with van der Waals surface area (Å²) in [5, 5.41) is 13.4. The number of aliphatic hydroxyl groups excluding tert-OH is 1. The van der Waals surface area contributed by atoms with Crippen molar-refractivity contribution in [1.29, 1.82) is 0 Å². The molecule has 0 aliphatic carbocycles. The monoisotopic (exact) mass is 631 g/mol. The minimum absolute atomic E-state index is 0.0418. The molecule has 3 aromatic rings. The number of hydrogen-bond donors (Lipinski definition) is 3. The van der Waals surface area contributed by atoms with Gasteiger partial charge in [-0.3, -0.25) is 18.9 Å². The molecule has 2 aliphatic heterocycles. The molecule has 18 heteroatoms. The second-order valence-corrected chi connectivity index (χ2v) is 11.7. The number of aromatic nitrogens is 5. The van der Waals surface area contributed by atoms with Crippen molar-refractivity contribution in [3.8, 4) is 11.6 Å². The zero-order valence-electron chi connectivity index (χ0n) is 20.8. The van der Waals surface area contributed by atoms with E-state index in [0.29, 0.717) is 16.8 Å². The molecule has 0 aromatic carbocycles. The molecule has 2 aliphatic rings. The average Bonchev–Trinajstić information content (AvgIpc) is 3.39. The first-order chi connectivity index (χ1) is 18.4. The zero-order chi connectivity index (χ0) is 28.1. The van der Waals surface area contributed by atoms with Crippen molar-refractivity contribution in [3.05, 3.63) is 29.3 Å². The molecule has 210 valence electrons. The lowest BCUT2D eigenvalue weighted by Gasteiger charge is -2.29. The summed E-state index contributed by atoms with van der Waals surface area (Å²) < 4.78 is 55.0. The third kappa shape index (κ3) is 5.05. The van der Waals surface area contributed by atoms with Gasteiger partial charge in [0, 0.05) is 30.8 Å². The quantitative estimate of drug-likeness (QED) is 0.194. The van der Waals surface area contributed by atoms with Gasteiger partial charge in [0.25, 0.3) is 0 Å². The summed E-state index contributed by atoms with van der Waals surface area (Å²) in [6, 6.07) is 0. The molecule has 0 radical (unpaired) electrons. The average molecular weight is 632 g/mol. The summed E-state index contributed by atoms with van der Waals surface area (Å²) in [4.78, 5) is 27.6. The van der Waals surface area contributed by atoms with Crippen LogP contribution in [0.4, 0.5) is 10.3 Å². The van der Waals surface area contributed by atoms with Gasteiger partial charge in [0.15, 0.2) is 23.1 Å². The molecule has 1 fully saturated rings. The van der Waals surface area contributed by atoms with Gasteiger partial charge in [0.05, 0.1) is 25.7 Å². The standard InChI is InChI=1S/C21H24BrFN7O8P/c1-9-15-12(11(4-25-9)6-35-10(2)31)5-27-39(33,38-15)36-7-13-16(32)21(22,23)19(37-13)30-8-26-14-17(30)28-20(24)29-18(14)34-3/h4,8,13,16,19,32H,5-7H2,1-3H3,(H,27,33)(H2,24,28,29)/t13-,16?,19-,21?,39?/m1/s1. The van der Waals surface area contributed by atoms with E-state index in [0.717, 1.165) is 0 Å². The number of pyridine rings is 1. The third-order valence-corrected chi connectivity index (χ3v) is 8.46. The maximum absolute atomic E-state index is 15.7. The third-order valence-electron chi connectivity index (χ3n) is 6.14. The number of halogens is 2. The highest BCUT2D eigenvalue weighted by Gasteiger charge is 2.58. The van der Waals surface area contributed by atoms with E-state index in [2.05, 4.69) is 41.0 Å². The van der Waals surface area contributed by atoms with Crippen LogP contribution in [0.25, 0.3) is 11.2 Å². The molecule has 0 amide bonds. The number of carbonyl (C=O) groups is 1. The van der Waals surface area contributed by atoms with Crippen molar-refractivity contribution in [2.75, 3.05) is 19.5 Å². The first-order valence-electron chi connectivity index (χ1n) is 11.5. The predicted octanol–water partition coefficient (Wildman–Crippen LogP) is 1.81. The Labute approximate surface area is 228 Å². The van der Waals surface area contributed by atoms with Gasteiger partial charge in [-0.1, -0.05) is 0 Å². The second kappa shape index (κ2) is 10.2. The SMILES string of the molecule is COc1nc(N)nc2c1ncn2[C@@H]1O[C@H](COP2(=O)NCc3c(COC(C)=O)cnc(C)c3O2)C(O)C1(F)Br. The Bertz CT molecular complexity index is 1490. The molecular formula is C21H24BrFN7O8P. The normalized spacial score (nSPS) is 28.2. The van der Waals surface area contributed by atoms with E-state index in [4.69, 9.17) is 29.0 Å². The summed E-state index contributed by atoms with van der Waals surface area (Å²) >= 11 is 2.91. The predicted molar refractivity (Wildman–Crippen MR) is 134 cm³/mol. The number of hydrogen-bond acceptors (Lipinski definition) is 13. The summed E-state index contributed by atoms with van der Waals surface area (Å²) in [6.07, 6.45) is -1.74. The van der Waals surface area contributed by atoms with Crippen molar-refractivity contribution in [3.63, 3.8) is 0 Å². The van der Waals surface area contributed by atoms with Crippen LogP contribution < -0.4 is 20.1 Å². The largest absolute Gasteiger partial charge is 0.479 e. The molecule has 5 atom stereocenters. The number of carbonyl (C=O) groups excluding carboxylic acids is 1. The van der Waals surface area contributed by atoms with Crippen molar-refractivity contribution >= 4 is 46.8 Å². The number of esters is 1. The van der Waals surface area contributed by atoms with Gasteiger partial charge in [-0.15, -0.1) is 0 Å². The summed E-state index contributed by atoms with van der Waals surface area (Å²) in [6.45, 7) is 2.44. The lowest BCUT2D eigenvalue weighted by atomic mass is 10.1. The molecule has 0 spiro atoms. The molecule has 5 heterocycles. The van der Waals surface area contributed by atoms with E-state index in [9.17, 15) is 14.5 Å². The van der Waals surface area contributed by atoms with Gasteiger partial charge in [-0.05, 0) is 22.9 Å². The molecule has 0 saturated carbocycles. The van der Waals surface area contributed by atoms with E-state index in [1.54, 1.807) is 6.92 Å². The van der Waals surface area contributed by atoms with E-state index in [1.807, 2.05) is 0 Å². The lowest BCUT2D eigenvalue weighted by molar-refractivity contribution is -0.142. The number of imidazole rings is 1. The van der Waals surface area contributed by atoms with Crippen LogP contribution in [0.15, 0.2) is 12.5 Å². The Hall–Kier alpha value is -2.95. The van der Waals surface area contributed by atoms with Crippen molar-refractivity contribution < 1.29 is 42.1 Å². The van der Waals surface area contributed by atoms with Crippen LogP contribution in [0.5, 0.6) is 11.6 Å². The first-order valence-corrected chi connectivity index (χ1v) is 13.8. The molecule has 15 nitrogen and oxygen atoms in total. The van der Waals surface area contributed by atoms with Gasteiger partial charge < -0.3 is 29.6 Å². The maximum atomic E-state index is 15.7. The minimum atomic E-state index is -3.99. The number of aryl methyl sites for hydroxylation is 1. The fraction of sp³-hybridized carbons (Fsp3) is 0.476. The molecule has 3 unspecified atom stereocenters. The number of alkyl halides is 2. The Morgan fingerprint density at radius 2 is 2.21 bits per heavy atom. The smallest absolute Gasteiger partial charge is 0.459 e. The highest BCUT2D eigenvalue weighted by atomic mass is 79.9. The number of ether oxygens (including phenoxy) is 3. The number of anilines is 1. The fourth-order valence-corrected chi connectivity index (χ4v) is 6.20. The fourth-order valence-electron chi connectivity index (χ4n) is 4.19. The molecule has 5 rings (SSSR count). The Kier molecular flexibility index (Phi) is 7.24. The summed E-state index contributed by atoms with van der Waals surface area (Å²) in [5.74, 6) is -0.318. The number of nitrogens with zero attached hydrogens (tertiary/aromatic N) is 5. The second-order valence-electron chi connectivity index (χ2n) is 8.74. The molecule has 3 aromatic heterocycles. The number of nitrogens with one attached hydrogen (secondary N) is 1. The molecule has 39 heavy (non-hydrogen) atoms. The molecule has 0 bridgehead atoms. The minimum Gasteiger partial charge on any atom is -0.479 e. The number of nitrogens with two attached hydrogens (primary N) is 1. The molecule has 1 saturated heterocycles. The van der Waals surface area contributed by atoms with Crippen LogP contribution in [0.3, 0.4) is 0 Å². The first kappa shape index (κ1) is 27.6. The van der Waals surface area contributed by atoms with Crippen molar-refractivity contribution in [2.24, 2.45) is 0 Å². The number of rotatable bonds is 7. The lowest BCUT2D eigenvalue weighted by Crippen LogP contribution is -2.38. The van der Waals surface area contributed by atoms with Crippen LogP contribution >= 0.6 is 23.7 Å². The van der Waals surface area contributed by atoms with Crippen molar-refractivity contribution in [1.82, 2.24) is 29.6 Å². The highest BCUT2D eigenvalue weighted by molar-refractivity contribution is 9.10. The zero-order valence-corrected chi connectivity index (χ0v) is 23.3. The van der Waals surface area contributed by atoms with Gasteiger partial charge in [0.2, 0.25) is 16.4 Å². The number of aliphatic hydroxyl groups is 1. The maximum Gasteiger partial charge on any atom is 0.459 e. The molecule has 4 N–H and O–H groups in total. The van der Waals surface area contributed by atoms with E-state index >= 15 is 4.39 Å². The highest BCUT2D eigenvalue weighted by Crippen LogP contribution is 2.52. The Morgan fingerprint density at radius 1 is 1.44 bits per heavy atom. The van der Waals surface area contributed by atoms with Crippen LogP contribution in [0.1, 0.15) is 30.0 Å². The number of methoxy groups -OCH3 is 1. The van der Waals surface area contributed by atoms with Crippen LogP contribution in [0, 0.1) is 6.92 Å². The van der Waals surface area contributed by atoms with Crippen LogP contribution in [-0.2, 0) is 36.5 Å². The number of fused-ring (bicyclic) bond motifs is 2. The van der Waals surface area contributed by atoms with Crippen LogP contribution in [-0.4, -0.2) is 66.1 Å².